The van der Waals surface area contributed by atoms with Crippen molar-refractivity contribution in [2.45, 2.75) is 0 Å². The molecule has 0 heterocycles. The van der Waals surface area contributed by atoms with Gasteiger partial charge < -0.3 is 4.74 Å². The van der Waals surface area contributed by atoms with Crippen LogP contribution in [0.15, 0.2) is 53.0 Å². The lowest BCUT2D eigenvalue weighted by atomic mass is 10.2. The number of hydrogen-bond donors (Lipinski definition) is 3. The fourth-order valence-corrected chi connectivity index (χ4v) is 2.22. The Morgan fingerprint density at radius 1 is 1.15 bits per heavy atom. The van der Waals surface area contributed by atoms with E-state index in [0.717, 1.165) is 10.5 Å². The SMILES string of the molecule is O=C(COc1ccc(Br)cc1)NNC(=S)NC(=O)c1cccc([N+](=O)[O-])c1. The van der Waals surface area contributed by atoms with Gasteiger partial charge in [0.1, 0.15) is 5.75 Å². The van der Waals surface area contributed by atoms with Crippen molar-refractivity contribution in [3.8, 4) is 5.75 Å². The number of nitro groups is 1. The average molecular weight is 453 g/mol. The maximum atomic E-state index is 12.0. The van der Waals surface area contributed by atoms with Crippen molar-refractivity contribution < 1.29 is 19.2 Å². The van der Waals surface area contributed by atoms with E-state index in [-0.39, 0.29) is 23.0 Å². The molecule has 3 N–H and O–H groups in total. The number of hydrazine groups is 1. The smallest absolute Gasteiger partial charge is 0.276 e. The van der Waals surface area contributed by atoms with Gasteiger partial charge in [0.15, 0.2) is 11.7 Å². The van der Waals surface area contributed by atoms with E-state index >= 15 is 0 Å². The Hall–Kier alpha value is -3.05. The first kappa shape index (κ1) is 20.3. The molecule has 0 saturated heterocycles. The van der Waals surface area contributed by atoms with Gasteiger partial charge in [-0.15, -0.1) is 0 Å². The number of nitrogens with one attached hydrogen (secondary N) is 3. The molecular weight excluding hydrogens is 440 g/mol. The molecule has 9 nitrogen and oxygen atoms in total. The molecule has 0 aliphatic carbocycles. The molecule has 0 saturated carbocycles. The predicted octanol–water partition coefficient (Wildman–Crippen LogP) is 2.07. The highest BCUT2D eigenvalue weighted by atomic mass is 79.9. The van der Waals surface area contributed by atoms with Crippen molar-refractivity contribution in [1.82, 2.24) is 16.2 Å². The second-order valence-corrected chi connectivity index (χ2v) is 6.33. The number of carbonyl (C=O) groups excluding carboxylic acids is 2. The van der Waals surface area contributed by atoms with Crippen LogP contribution in [0.5, 0.6) is 5.75 Å². The number of benzene rings is 2. The molecule has 0 aliphatic heterocycles. The Labute approximate surface area is 167 Å². The zero-order valence-corrected chi connectivity index (χ0v) is 16.0. The van der Waals surface area contributed by atoms with Crippen molar-refractivity contribution in [1.29, 1.82) is 0 Å². The second-order valence-electron chi connectivity index (χ2n) is 5.01. The van der Waals surface area contributed by atoms with Gasteiger partial charge in [-0.3, -0.25) is 35.9 Å². The Kier molecular flexibility index (Phi) is 7.20. The number of ether oxygens (including phenoxy) is 1. The van der Waals surface area contributed by atoms with Crippen LogP contribution in [-0.2, 0) is 4.79 Å². The second kappa shape index (κ2) is 9.59. The highest BCUT2D eigenvalue weighted by molar-refractivity contribution is 9.10. The maximum Gasteiger partial charge on any atom is 0.276 e. The van der Waals surface area contributed by atoms with Gasteiger partial charge in [0, 0.05) is 22.2 Å². The molecule has 2 amide bonds. The fraction of sp³-hybridized carbons (Fsp3) is 0.0625. The van der Waals surface area contributed by atoms with Crippen molar-refractivity contribution in [3.05, 3.63) is 68.7 Å². The Morgan fingerprint density at radius 3 is 2.52 bits per heavy atom. The number of non-ortho nitro benzene ring substituents is 1. The monoisotopic (exact) mass is 452 g/mol. The summed E-state index contributed by atoms with van der Waals surface area (Å²) in [5.41, 5.74) is 4.44. The highest BCUT2D eigenvalue weighted by Crippen LogP contribution is 2.15. The summed E-state index contributed by atoms with van der Waals surface area (Å²) in [5, 5.41) is 12.8. The summed E-state index contributed by atoms with van der Waals surface area (Å²) >= 11 is 8.17. The number of nitrogens with zero attached hydrogens (tertiary/aromatic N) is 1. The van der Waals surface area contributed by atoms with Gasteiger partial charge in [0.25, 0.3) is 17.5 Å². The van der Waals surface area contributed by atoms with Crippen molar-refractivity contribution >= 4 is 50.8 Å². The summed E-state index contributed by atoms with van der Waals surface area (Å²) < 4.78 is 6.15. The number of halogens is 1. The van der Waals surface area contributed by atoms with Crippen LogP contribution in [-0.4, -0.2) is 28.5 Å². The summed E-state index contributed by atoms with van der Waals surface area (Å²) in [6.07, 6.45) is 0. The largest absolute Gasteiger partial charge is 0.484 e. The molecule has 0 unspecified atom stereocenters. The first-order chi connectivity index (χ1) is 12.8. The minimum absolute atomic E-state index is 0.0539. The number of rotatable bonds is 5. The van der Waals surface area contributed by atoms with E-state index in [1.165, 1.54) is 18.2 Å². The third-order valence-corrected chi connectivity index (χ3v) is 3.78. The molecule has 0 atom stereocenters. The fourth-order valence-electron chi connectivity index (χ4n) is 1.81. The van der Waals surface area contributed by atoms with Gasteiger partial charge in [-0.25, -0.2) is 0 Å². The zero-order valence-electron chi connectivity index (χ0n) is 13.6. The molecule has 2 rings (SSSR count). The van der Waals surface area contributed by atoms with Gasteiger partial charge in [-0.1, -0.05) is 22.0 Å². The molecule has 11 heteroatoms. The zero-order chi connectivity index (χ0) is 19.8. The molecule has 0 aromatic heterocycles. The third kappa shape index (κ3) is 6.64. The van der Waals surface area contributed by atoms with Crippen LogP contribution in [0.3, 0.4) is 0 Å². The highest BCUT2D eigenvalue weighted by Gasteiger charge is 2.13. The van der Waals surface area contributed by atoms with E-state index in [1.54, 1.807) is 24.3 Å². The number of thiocarbonyl (C=S) groups is 1. The van der Waals surface area contributed by atoms with E-state index in [0.29, 0.717) is 5.75 Å². The maximum absolute atomic E-state index is 12.0. The molecule has 0 bridgehead atoms. The lowest BCUT2D eigenvalue weighted by Gasteiger charge is -2.11. The van der Waals surface area contributed by atoms with E-state index in [9.17, 15) is 19.7 Å². The standard InChI is InChI=1S/C16H13BrN4O5S/c17-11-4-6-13(7-5-11)26-9-14(22)19-20-16(27)18-15(23)10-2-1-3-12(8-10)21(24)25/h1-8H,9H2,(H,19,22)(H2,18,20,23,27). The minimum Gasteiger partial charge on any atom is -0.484 e. The predicted molar refractivity (Wildman–Crippen MR) is 104 cm³/mol. The Balaban J connectivity index is 1.77. The first-order valence-corrected chi connectivity index (χ1v) is 8.58. The van der Waals surface area contributed by atoms with Crippen LogP contribution < -0.4 is 20.9 Å². The molecule has 0 spiro atoms. The number of carbonyl (C=O) groups is 2. The van der Waals surface area contributed by atoms with Gasteiger partial charge in [0.2, 0.25) is 0 Å². The summed E-state index contributed by atoms with van der Waals surface area (Å²) in [6, 6.07) is 12.1. The first-order valence-electron chi connectivity index (χ1n) is 7.38. The summed E-state index contributed by atoms with van der Waals surface area (Å²) in [5.74, 6) is -0.670. The summed E-state index contributed by atoms with van der Waals surface area (Å²) in [7, 11) is 0. The molecule has 27 heavy (non-hydrogen) atoms. The van der Waals surface area contributed by atoms with E-state index in [2.05, 4.69) is 32.1 Å². The van der Waals surface area contributed by atoms with Gasteiger partial charge >= 0.3 is 0 Å². The van der Waals surface area contributed by atoms with Crippen molar-refractivity contribution in [2.24, 2.45) is 0 Å². The Morgan fingerprint density at radius 2 is 1.85 bits per heavy atom. The van der Waals surface area contributed by atoms with E-state index < -0.39 is 16.7 Å². The van der Waals surface area contributed by atoms with Crippen LogP contribution >= 0.6 is 28.1 Å². The Bertz CT molecular complexity index is 875. The number of hydrogen-bond acceptors (Lipinski definition) is 6. The lowest BCUT2D eigenvalue weighted by Crippen LogP contribution is -2.49. The average Bonchev–Trinajstić information content (AvgIpc) is 2.66. The van der Waals surface area contributed by atoms with Crippen LogP contribution in [0.2, 0.25) is 0 Å². The van der Waals surface area contributed by atoms with Crippen molar-refractivity contribution in [2.75, 3.05) is 6.61 Å². The normalized spacial score (nSPS) is 9.81. The van der Waals surface area contributed by atoms with Crippen LogP contribution in [0, 0.1) is 10.1 Å². The van der Waals surface area contributed by atoms with Crippen molar-refractivity contribution in [3.63, 3.8) is 0 Å². The summed E-state index contributed by atoms with van der Waals surface area (Å²) in [6.45, 7) is -0.268. The van der Waals surface area contributed by atoms with E-state index in [1.807, 2.05) is 0 Å². The lowest BCUT2D eigenvalue weighted by molar-refractivity contribution is -0.384. The quantitative estimate of drug-likeness (QED) is 0.360. The topological polar surface area (TPSA) is 123 Å². The number of amides is 2. The molecule has 0 aliphatic rings. The summed E-state index contributed by atoms with van der Waals surface area (Å²) in [4.78, 5) is 33.8. The van der Waals surface area contributed by atoms with Gasteiger partial charge in [-0.05, 0) is 42.5 Å². The molecule has 140 valence electrons. The van der Waals surface area contributed by atoms with E-state index in [4.69, 9.17) is 17.0 Å². The van der Waals surface area contributed by atoms with Gasteiger partial charge in [-0.2, -0.15) is 0 Å². The molecule has 0 fully saturated rings. The van der Waals surface area contributed by atoms with Crippen LogP contribution in [0.1, 0.15) is 10.4 Å². The minimum atomic E-state index is -0.656. The number of nitro benzene ring substituents is 1. The molecule has 0 radical (unpaired) electrons. The molecule has 2 aromatic rings. The van der Waals surface area contributed by atoms with Gasteiger partial charge in [0.05, 0.1) is 4.92 Å². The molecule has 2 aromatic carbocycles. The van der Waals surface area contributed by atoms with Crippen LogP contribution in [0.4, 0.5) is 5.69 Å². The van der Waals surface area contributed by atoms with Crippen LogP contribution in [0.25, 0.3) is 0 Å². The molecular formula is C16H13BrN4O5S. The third-order valence-electron chi connectivity index (χ3n) is 3.05.